The molecule has 0 bridgehead atoms. The maximum atomic E-state index is 13.0. The van der Waals surface area contributed by atoms with E-state index in [1.54, 1.807) is 25.0 Å². The Morgan fingerprint density at radius 2 is 1.87 bits per heavy atom. The van der Waals surface area contributed by atoms with E-state index in [0.29, 0.717) is 18.5 Å². The van der Waals surface area contributed by atoms with Gasteiger partial charge >= 0.3 is 6.03 Å². The van der Waals surface area contributed by atoms with Crippen molar-refractivity contribution < 1.29 is 14.4 Å². The molecule has 2 aliphatic rings. The first-order valence-electron chi connectivity index (χ1n) is 10.5. The summed E-state index contributed by atoms with van der Waals surface area (Å²) in [5.41, 5.74) is 1.02. The molecule has 1 aromatic carbocycles. The van der Waals surface area contributed by atoms with Crippen molar-refractivity contribution in [3.63, 3.8) is 0 Å². The van der Waals surface area contributed by atoms with Gasteiger partial charge in [0.05, 0.1) is 0 Å². The number of anilines is 1. The molecule has 1 saturated carbocycles. The fourth-order valence-electron chi connectivity index (χ4n) is 4.30. The molecule has 0 unspecified atom stereocenters. The maximum Gasteiger partial charge on any atom is 0.327 e. The first kappa shape index (κ1) is 21.4. The highest BCUT2D eigenvalue weighted by atomic mass is 32.2. The van der Waals surface area contributed by atoms with Crippen LogP contribution in [0.3, 0.4) is 0 Å². The summed E-state index contributed by atoms with van der Waals surface area (Å²) in [6.07, 6.45) is 7.87. The van der Waals surface area contributed by atoms with Crippen LogP contribution in [-0.2, 0) is 15.3 Å². The first-order valence-corrected chi connectivity index (χ1v) is 11.5. The smallest absolute Gasteiger partial charge is 0.325 e. The minimum Gasteiger partial charge on any atom is -0.325 e. The van der Waals surface area contributed by atoms with Gasteiger partial charge in [-0.15, -0.1) is 11.8 Å². The molecule has 4 amide bonds. The molecular weight excluding hydrogens is 412 g/mol. The van der Waals surface area contributed by atoms with E-state index in [4.69, 9.17) is 0 Å². The van der Waals surface area contributed by atoms with Gasteiger partial charge in [-0.2, -0.15) is 0 Å². The largest absolute Gasteiger partial charge is 0.327 e. The lowest BCUT2D eigenvalue weighted by Crippen LogP contribution is -2.49. The molecule has 8 heteroatoms. The Bertz CT molecular complexity index is 959. The zero-order valence-corrected chi connectivity index (χ0v) is 18.4. The number of pyridine rings is 1. The number of hydrogen-bond acceptors (Lipinski definition) is 5. The number of nitrogens with one attached hydrogen (secondary N) is 1. The van der Waals surface area contributed by atoms with Crippen molar-refractivity contribution in [3.05, 3.63) is 54.4 Å². The van der Waals surface area contributed by atoms with Gasteiger partial charge in [-0.3, -0.25) is 19.5 Å². The number of rotatable bonds is 6. The molecule has 162 valence electrons. The van der Waals surface area contributed by atoms with Crippen molar-refractivity contribution in [1.82, 2.24) is 14.8 Å². The first-order chi connectivity index (χ1) is 15.0. The molecule has 1 aliphatic heterocycles. The Balaban J connectivity index is 1.33. The second kappa shape index (κ2) is 9.09. The summed E-state index contributed by atoms with van der Waals surface area (Å²) in [6.45, 7) is -0.263. The number of nitrogens with zero attached hydrogens (tertiary/aromatic N) is 3. The minimum atomic E-state index is -0.761. The summed E-state index contributed by atoms with van der Waals surface area (Å²) in [6, 6.07) is 11.1. The number of carbonyl (C=O) groups excluding carboxylic acids is 3. The number of aromatic nitrogens is 1. The predicted octanol–water partition coefficient (Wildman–Crippen LogP) is 3.91. The van der Waals surface area contributed by atoms with E-state index in [0.717, 1.165) is 40.4 Å². The number of amides is 4. The third kappa shape index (κ3) is 4.44. The molecule has 4 rings (SSSR count). The molecule has 7 nitrogen and oxygen atoms in total. The van der Waals surface area contributed by atoms with Crippen LogP contribution in [0.4, 0.5) is 10.5 Å². The molecule has 1 aliphatic carbocycles. The average molecular weight is 439 g/mol. The van der Waals surface area contributed by atoms with E-state index in [2.05, 4.69) is 10.3 Å². The van der Waals surface area contributed by atoms with Crippen LogP contribution >= 0.6 is 11.8 Å². The van der Waals surface area contributed by atoms with Gasteiger partial charge in [-0.05, 0) is 48.7 Å². The third-order valence-electron chi connectivity index (χ3n) is 6.05. The van der Waals surface area contributed by atoms with Crippen molar-refractivity contribution >= 4 is 35.3 Å². The van der Waals surface area contributed by atoms with Crippen LogP contribution in [0, 0.1) is 0 Å². The van der Waals surface area contributed by atoms with Gasteiger partial charge in [0, 0.05) is 35.8 Å². The van der Waals surface area contributed by atoms with Crippen molar-refractivity contribution in [2.75, 3.05) is 18.9 Å². The topological polar surface area (TPSA) is 82.6 Å². The van der Waals surface area contributed by atoms with Crippen molar-refractivity contribution in [3.8, 4) is 0 Å². The van der Waals surface area contributed by atoms with Gasteiger partial charge in [0.1, 0.15) is 12.1 Å². The summed E-state index contributed by atoms with van der Waals surface area (Å²) in [5.74, 6) is 0.198. The quantitative estimate of drug-likeness (QED) is 0.546. The van der Waals surface area contributed by atoms with Gasteiger partial charge in [-0.25, -0.2) is 4.79 Å². The highest BCUT2D eigenvalue weighted by Crippen LogP contribution is 2.39. The van der Waals surface area contributed by atoms with E-state index in [1.165, 1.54) is 4.90 Å². The molecule has 1 saturated heterocycles. The Kier molecular flexibility index (Phi) is 6.27. The van der Waals surface area contributed by atoms with E-state index >= 15 is 0 Å². The van der Waals surface area contributed by atoms with E-state index in [-0.39, 0.29) is 24.4 Å². The summed E-state index contributed by atoms with van der Waals surface area (Å²) < 4.78 is 0. The number of benzene rings is 1. The highest BCUT2D eigenvalue weighted by molar-refractivity contribution is 7.98. The van der Waals surface area contributed by atoms with Crippen molar-refractivity contribution in [1.29, 1.82) is 0 Å². The van der Waals surface area contributed by atoms with Crippen LogP contribution in [0.5, 0.6) is 0 Å². The predicted molar refractivity (Wildman–Crippen MR) is 120 cm³/mol. The van der Waals surface area contributed by atoms with E-state index in [1.807, 2.05) is 42.6 Å². The van der Waals surface area contributed by atoms with Gasteiger partial charge in [0.15, 0.2) is 0 Å². The van der Waals surface area contributed by atoms with Gasteiger partial charge in [0.2, 0.25) is 5.91 Å². The number of urea groups is 1. The second-order valence-electron chi connectivity index (χ2n) is 8.05. The fraction of sp³-hybridized carbons (Fsp3) is 0.391. The maximum absolute atomic E-state index is 13.0. The van der Waals surface area contributed by atoms with Crippen molar-refractivity contribution in [2.45, 2.75) is 48.3 Å². The summed E-state index contributed by atoms with van der Waals surface area (Å²) in [4.78, 5) is 46.0. The molecule has 1 spiro atoms. The molecule has 31 heavy (non-hydrogen) atoms. The SMILES string of the molecule is CN1C(=O)N(CC(=O)Nc2ccc(SCc3cccnc3)cc2)C(=O)C12CCCCC2. The van der Waals surface area contributed by atoms with Gasteiger partial charge in [-0.1, -0.05) is 25.3 Å². The molecule has 0 radical (unpaired) electrons. The van der Waals surface area contributed by atoms with Crippen LogP contribution in [0.2, 0.25) is 0 Å². The normalized spacial score (nSPS) is 18.0. The lowest BCUT2D eigenvalue weighted by molar-refractivity contribution is -0.136. The summed E-state index contributed by atoms with van der Waals surface area (Å²) in [7, 11) is 1.67. The third-order valence-corrected chi connectivity index (χ3v) is 7.14. The molecule has 1 N–H and O–H groups in total. The summed E-state index contributed by atoms with van der Waals surface area (Å²) >= 11 is 1.68. The van der Waals surface area contributed by atoms with Gasteiger partial charge < -0.3 is 10.2 Å². The minimum absolute atomic E-state index is 0.239. The number of carbonyl (C=O) groups is 3. The molecular formula is C23H26N4O3S. The van der Waals surface area contributed by atoms with E-state index < -0.39 is 5.54 Å². The lowest BCUT2D eigenvalue weighted by atomic mass is 9.81. The van der Waals surface area contributed by atoms with Crippen LogP contribution < -0.4 is 5.32 Å². The van der Waals surface area contributed by atoms with Crippen LogP contribution in [0.1, 0.15) is 37.7 Å². The Labute approximate surface area is 186 Å². The number of likely N-dealkylation sites (N-methyl/N-ethyl adjacent to an activating group) is 1. The average Bonchev–Trinajstić information content (AvgIpc) is 2.96. The Morgan fingerprint density at radius 1 is 1.13 bits per heavy atom. The Morgan fingerprint density at radius 3 is 2.55 bits per heavy atom. The highest BCUT2D eigenvalue weighted by Gasteiger charge is 2.55. The molecule has 2 aromatic rings. The molecule has 2 fully saturated rings. The molecule has 2 heterocycles. The standard InChI is InChI=1S/C23H26N4O3S/c1-26-22(30)27(21(29)23(26)11-3-2-4-12-23)15-20(28)25-18-7-9-19(10-8-18)31-16-17-6-5-13-24-14-17/h5-10,13-14H,2-4,11-12,15-16H2,1H3,(H,25,28). The zero-order chi connectivity index (χ0) is 21.8. The van der Waals surface area contributed by atoms with Crippen LogP contribution in [0.25, 0.3) is 0 Å². The van der Waals surface area contributed by atoms with E-state index in [9.17, 15) is 14.4 Å². The number of hydrogen-bond donors (Lipinski definition) is 1. The van der Waals surface area contributed by atoms with Gasteiger partial charge in [0.25, 0.3) is 5.91 Å². The molecule has 0 atom stereocenters. The fourth-order valence-corrected chi connectivity index (χ4v) is 5.13. The van der Waals surface area contributed by atoms with Crippen LogP contribution in [-0.4, -0.2) is 51.8 Å². The Hall–Kier alpha value is -2.87. The van der Waals surface area contributed by atoms with Crippen molar-refractivity contribution in [2.24, 2.45) is 0 Å². The monoisotopic (exact) mass is 438 g/mol. The number of imide groups is 1. The summed E-state index contributed by atoms with van der Waals surface area (Å²) in [5, 5.41) is 2.79. The van der Waals surface area contributed by atoms with Crippen LogP contribution in [0.15, 0.2) is 53.7 Å². The number of thioether (sulfide) groups is 1. The second-order valence-corrected chi connectivity index (χ2v) is 9.10. The lowest BCUT2D eigenvalue weighted by Gasteiger charge is -2.35. The molecule has 1 aromatic heterocycles. The zero-order valence-electron chi connectivity index (χ0n) is 17.5.